The van der Waals surface area contributed by atoms with E-state index >= 15 is 0 Å². The molecule has 0 fully saturated rings. The molecule has 0 saturated heterocycles. The largest absolute Gasteiger partial charge is 0.483 e. The average Bonchev–Trinajstić information content (AvgIpc) is 2.76. The minimum atomic E-state index is -1.25. The van der Waals surface area contributed by atoms with Gasteiger partial charge in [-0.25, -0.2) is 9.59 Å². The normalized spacial score (nSPS) is 10.2. The highest BCUT2D eigenvalue weighted by molar-refractivity contribution is 6.60. The Labute approximate surface area is 184 Å². The molecule has 0 aliphatic rings. The van der Waals surface area contributed by atoms with Crippen LogP contribution in [0.2, 0.25) is 0 Å². The molecule has 0 atom stereocenters. The highest BCUT2D eigenvalue weighted by Crippen LogP contribution is 2.26. The molecule has 0 bridgehead atoms. The molecule has 0 aromatic heterocycles. The van der Waals surface area contributed by atoms with Crippen molar-refractivity contribution in [3.8, 4) is 5.75 Å². The molecule has 0 N–H and O–H groups in total. The van der Waals surface area contributed by atoms with Crippen molar-refractivity contribution in [1.82, 2.24) is 4.90 Å². The average molecular weight is 438 g/mol. The number of non-ortho nitro benzene ring substituents is 1. The molecule has 0 spiro atoms. The van der Waals surface area contributed by atoms with E-state index in [4.69, 9.17) is 10.3 Å². The lowest BCUT2D eigenvalue weighted by molar-refractivity contribution is -0.385. The Morgan fingerprint density at radius 3 is 2.50 bits per heavy atom. The molecule has 0 unspecified atom stereocenters. The van der Waals surface area contributed by atoms with Crippen molar-refractivity contribution in [1.29, 1.82) is 0 Å². The molecule has 0 heterocycles. The van der Waals surface area contributed by atoms with Gasteiger partial charge in [-0.15, -0.1) is 6.58 Å². The summed E-state index contributed by atoms with van der Waals surface area (Å²) in [6, 6.07) is 13.3. The molecule has 10 nitrogen and oxygen atoms in total. The van der Waals surface area contributed by atoms with Crippen LogP contribution in [0.5, 0.6) is 5.75 Å². The van der Waals surface area contributed by atoms with E-state index in [2.05, 4.69) is 16.1 Å². The zero-order chi connectivity index (χ0) is 23.5. The van der Waals surface area contributed by atoms with Gasteiger partial charge in [-0.1, -0.05) is 36.4 Å². The van der Waals surface area contributed by atoms with Crippen molar-refractivity contribution in [2.24, 2.45) is 0 Å². The van der Waals surface area contributed by atoms with Crippen LogP contribution in [0.1, 0.15) is 18.1 Å². The van der Waals surface area contributed by atoms with E-state index in [1.54, 1.807) is 6.08 Å². The number of nitrogens with zero attached hydrogens (tertiary/aromatic N) is 4. The summed E-state index contributed by atoms with van der Waals surface area (Å²) in [5, 5.41) is 11.3. The molecule has 2 aromatic rings. The fourth-order valence-electron chi connectivity index (χ4n) is 2.87. The number of benzene rings is 2. The van der Waals surface area contributed by atoms with Gasteiger partial charge in [0, 0.05) is 37.3 Å². The molecule has 0 aliphatic heterocycles. The molecular formula is C22H22N4O6. The lowest BCUT2D eigenvalue weighted by atomic mass is 10.1. The summed E-state index contributed by atoms with van der Waals surface area (Å²) in [5.74, 6) is -2.42. The molecule has 0 amide bonds. The van der Waals surface area contributed by atoms with Crippen molar-refractivity contribution < 1.29 is 28.8 Å². The molecule has 10 heteroatoms. The van der Waals surface area contributed by atoms with Crippen LogP contribution in [0.25, 0.3) is 5.53 Å². The van der Waals surface area contributed by atoms with Gasteiger partial charge in [0.25, 0.3) is 5.69 Å². The lowest BCUT2D eigenvalue weighted by Crippen LogP contribution is -2.31. The van der Waals surface area contributed by atoms with Gasteiger partial charge in [0.15, 0.2) is 0 Å². The minimum absolute atomic E-state index is 0.0202. The molecular weight excluding hydrogens is 416 g/mol. The molecule has 166 valence electrons. The Balaban J connectivity index is 2.34. The van der Waals surface area contributed by atoms with E-state index in [1.807, 2.05) is 35.2 Å². The predicted molar refractivity (Wildman–Crippen MR) is 115 cm³/mol. The summed E-state index contributed by atoms with van der Waals surface area (Å²) in [7, 11) is 0. The van der Waals surface area contributed by atoms with Gasteiger partial charge in [0.05, 0.1) is 11.5 Å². The maximum atomic E-state index is 12.4. The Morgan fingerprint density at radius 1 is 1.19 bits per heavy atom. The number of carbonyl (C=O) groups excluding carboxylic acids is 2. The summed E-state index contributed by atoms with van der Waals surface area (Å²) in [6.45, 7) is 6.37. The quantitative estimate of drug-likeness (QED) is 0.0605. The van der Waals surface area contributed by atoms with Crippen LogP contribution in [0.4, 0.5) is 5.69 Å². The number of rotatable bonds is 11. The third-order valence-corrected chi connectivity index (χ3v) is 4.25. The molecule has 0 saturated carbocycles. The summed E-state index contributed by atoms with van der Waals surface area (Å²) in [6.07, 6.45) is 1.68. The lowest BCUT2D eigenvalue weighted by Gasteiger charge is -2.22. The molecule has 0 aliphatic carbocycles. The Hall–Kier alpha value is -4.14. The van der Waals surface area contributed by atoms with Crippen molar-refractivity contribution in [3.63, 3.8) is 0 Å². The Morgan fingerprint density at radius 2 is 1.91 bits per heavy atom. The van der Waals surface area contributed by atoms with Crippen molar-refractivity contribution in [2.75, 3.05) is 13.2 Å². The van der Waals surface area contributed by atoms with Crippen LogP contribution < -0.4 is 4.74 Å². The number of nitro groups is 1. The monoisotopic (exact) mass is 438 g/mol. The first-order chi connectivity index (χ1) is 15.4. The minimum Gasteiger partial charge on any atom is -0.457 e. The maximum absolute atomic E-state index is 12.4. The number of nitro benzene ring substituents is 1. The van der Waals surface area contributed by atoms with E-state index in [9.17, 15) is 19.7 Å². The van der Waals surface area contributed by atoms with Gasteiger partial charge in [-0.05, 0) is 18.6 Å². The van der Waals surface area contributed by atoms with Crippen LogP contribution in [0.3, 0.4) is 0 Å². The highest BCUT2D eigenvalue weighted by Gasteiger charge is 2.34. The fourth-order valence-corrected chi connectivity index (χ4v) is 2.87. The van der Waals surface area contributed by atoms with Gasteiger partial charge < -0.3 is 15.0 Å². The van der Waals surface area contributed by atoms with Crippen LogP contribution in [-0.4, -0.2) is 45.4 Å². The van der Waals surface area contributed by atoms with Crippen molar-refractivity contribution in [3.05, 3.63) is 88.0 Å². The maximum Gasteiger partial charge on any atom is 0.483 e. The summed E-state index contributed by atoms with van der Waals surface area (Å²) in [4.78, 5) is 39.4. The van der Waals surface area contributed by atoms with Gasteiger partial charge in [0.1, 0.15) is 5.75 Å². The van der Waals surface area contributed by atoms with E-state index in [-0.39, 0.29) is 24.6 Å². The standard InChI is InChI=1S/C22H22N4O6/c1-3-12-25(14-16-8-6-5-7-9-16)15-17-13-18(26(29)30)10-11-19(17)32-22(28)20(24-23)21(27)31-4-2/h3,5-11,13H,1,4,12,14-15H2,2H3. The number of ether oxygens (including phenoxy) is 2. The third-order valence-electron chi connectivity index (χ3n) is 4.25. The molecule has 0 radical (unpaired) electrons. The van der Waals surface area contributed by atoms with Gasteiger partial charge in [-0.2, -0.15) is 4.79 Å². The van der Waals surface area contributed by atoms with Crippen LogP contribution >= 0.6 is 0 Å². The second-order valence-electron chi connectivity index (χ2n) is 6.55. The topological polar surface area (TPSA) is 135 Å². The SMILES string of the molecule is C=CCN(Cc1ccccc1)Cc1cc([N+](=O)[O-])ccc1OC(=O)C(=[N+]=[N-])C(=O)OCC. The van der Waals surface area contributed by atoms with E-state index in [1.165, 1.54) is 25.1 Å². The van der Waals surface area contributed by atoms with Crippen LogP contribution in [-0.2, 0) is 27.4 Å². The van der Waals surface area contributed by atoms with Crippen LogP contribution in [0, 0.1) is 10.1 Å². The second-order valence-corrected chi connectivity index (χ2v) is 6.55. The first-order valence-electron chi connectivity index (χ1n) is 9.65. The first-order valence-corrected chi connectivity index (χ1v) is 9.65. The molecule has 2 rings (SSSR count). The number of carbonyl (C=O) groups is 2. The second kappa shape index (κ2) is 11.9. The molecule has 32 heavy (non-hydrogen) atoms. The van der Waals surface area contributed by atoms with Crippen LogP contribution in [0.15, 0.2) is 61.2 Å². The smallest absolute Gasteiger partial charge is 0.457 e. The zero-order valence-corrected chi connectivity index (χ0v) is 17.5. The Bertz CT molecular complexity index is 1050. The molecule has 2 aromatic carbocycles. The summed E-state index contributed by atoms with van der Waals surface area (Å²) in [5.41, 5.74) is 9.21. The number of hydrogen-bond donors (Lipinski definition) is 0. The first kappa shape index (κ1) is 24.1. The van der Waals surface area contributed by atoms with Gasteiger partial charge in [-0.3, -0.25) is 15.0 Å². The Kier molecular flexibility index (Phi) is 8.97. The number of hydrogen-bond acceptors (Lipinski definition) is 7. The fraction of sp³-hybridized carbons (Fsp3) is 0.227. The number of esters is 2. The van der Waals surface area contributed by atoms with Gasteiger partial charge >= 0.3 is 17.7 Å². The summed E-state index contributed by atoms with van der Waals surface area (Å²) < 4.78 is 9.88. The predicted octanol–water partition coefficient (Wildman–Crippen LogP) is 2.92. The third kappa shape index (κ3) is 6.69. The van der Waals surface area contributed by atoms with E-state index in [0.29, 0.717) is 18.7 Å². The zero-order valence-electron chi connectivity index (χ0n) is 17.5. The van der Waals surface area contributed by atoms with E-state index < -0.39 is 22.6 Å². The summed E-state index contributed by atoms with van der Waals surface area (Å²) >= 11 is 0. The van der Waals surface area contributed by atoms with Crippen molar-refractivity contribution in [2.45, 2.75) is 20.0 Å². The van der Waals surface area contributed by atoms with Gasteiger partial charge in [0.2, 0.25) is 0 Å². The van der Waals surface area contributed by atoms with Crippen molar-refractivity contribution >= 4 is 23.3 Å². The highest BCUT2D eigenvalue weighted by atomic mass is 16.6. The van der Waals surface area contributed by atoms with E-state index in [0.717, 1.165) is 5.56 Å².